The van der Waals surface area contributed by atoms with Crippen LogP contribution in [0.15, 0.2) is 0 Å². The first-order valence-corrected chi connectivity index (χ1v) is 28.6. The van der Waals surface area contributed by atoms with Crippen LogP contribution in [-0.2, 0) is 62.6 Å². The van der Waals surface area contributed by atoms with Crippen molar-refractivity contribution in [1.82, 2.24) is 0 Å². The van der Waals surface area contributed by atoms with Crippen LogP contribution in [0.25, 0.3) is 0 Å². The summed E-state index contributed by atoms with van der Waals surface area (Å²) >= 11 is 28.3. The molecule has 0 N–H and O–H groups in total. The fourth-order valence-corrected chi connectivity index (χ4v) is 8.50. The SMILES string of the molecule is CCCCCOP(=S)(S)OCCCCC.CCCCCOP(=S)(S)OCCCCC.CCCCCOP(=S)(S)OCCCCC.[Sb+3]. The fourth-order valence-electron chi connectivity index (χ4n) is 3.30. The third-order valence-corrected chi connectivity index (χ3v) is 13.0. The van der Waals surface area contributed by atoms with E-state index in [0.29, 0.717) is 39.6 Å². The summed E-state index contributed by atoms with van der Waals surface area (Å²) in [5.41, 5.74) is -6.74. The maximum Gasteiger partial charge on any atom is 3.00 e. The van der Waals surface area contributed by atoms with Gasteiger partial charge in [-0.2, -0.15) is 0 Å². The van der Waals surface area contributed by atoms with Gasteiger partial charge in [-0.1, -0.05) is 155 Å². The van der Waals surface area contributed by atoms with E-state index in [1.54, 1.807) is 0 Å². The zero-order chi connectivity index (χ0) is 34.7. The molecular weight excluding hydrogens is 863 g/mol. The van der Waals surface area contributed by atoms with Gasteiger partial charge >= 0.3 is 24.4 Å². The molecule has 0 aliphatic rings. The second-order valence-electron chi connectivity index (χ2n) is 10.6. The van der Waals surface area contributed by atoms with Gasteiger partial charge in [0, 0.05) is 0 Å². The van der Waals surface area contributed by atoms with E-state index in [1.165, 1.54) is 77.0 Å². The van der Waals surface area contributed by atoms with Gasteiger partial charge in [-0.05, 0) is 73.9 Å². The van der Waals surface area contributed by atoms with Crippen molar-refractivity contribution in [2.24, 2.45) is 0 Å². The van der Waals surface area contributed by atoms with E-state index in [-0.39, 0.29) is 24.4 Å². The minimum atomic E-state index is -2.25. The number of unbranched alkanes of at least 4 members (excludes halogenated alkanes) is 12. The summed E-state index contributed by atoms with van der Waals surface area (Å²) in [5.74, 6) is 0. The average Bonchev–Trinajstić information content (AvgIpc) is 2.99. The molecule has 0 spiro atoms. The molecule has 0 bridgehead atoms. The summed E-state index contributed by atoms with van der Waals surface area (Å²) in [4.78, 5) is 0. The van der Waals surface area contributed by atoms with Crippen LogP contribution in [-0.4, -0.2) is 64.1 Å². The first kappa shape index (κ1) is 56.3. The molecule has 0 atom stereocenters. The monoisotopic (exact) mass is 931 g/mol. The zero-order valence-electron chi connectivity index (χ0n) is 29.8. The second-order valence-corrected chi connectivity index (χ2v) is 26.5. The van der Waals surface area contributed by atoms with Gasteiger partial charge in [0.2, 0.25) is 17.1 Å². The molecule has 6 nitrogen and oxygen atoms in total. The van der Waals surface area contributed by atoms with Gasteiger partial charge in [0.1, 0.15) is 0 Å². The number of hydrogen-bond donors (Lipinski definition) is 3. The van der Waals surface area contributed by atoms with E-state index in [0.717, 1.165) is 38.5 Å². The first-order chi connectivity index (χ1) is 21.4. The Morgan fingerprint density at radius 1 is 0.326 bits per heavy atom. The van der Waals surface area contributed by atoms with E-state index >= 15 is 0 Å². The molecule has 16 heteroatoms. The van der Waals surface area contributed by atoms with Crippen molar-refractivity contribution in [1.29, 1.82) is 0 Å². The topological polar surface area (TPSA) is 55.4 Å². The van der Waals surface area contributed by atoms with Crippen molar-refractivity contribution >= 4 is 114 Å². The molecular formula is C30H69O6P3S6Sb+3. The molecule has 0 saturated carbocycles. The third-order valence-electron chi connectivity index (χ3n) is 6.01. The van der Waals surface area contributed by atoms with Gasteiger partial charge in [-0.3, -0.25) is 0 Å². The maximum absolute atomic E-state index is 5.48. The minimum Gasteiger partial charge on any atom is -0.322 e. The standard InChI is InChI=1S/3C10H23O2PS2.Sb/c3*1-3-5-7-9-11-13(14,15)12-10-8-6-4-2;/h3*3-10H2,1-2H3,(H,14,15);/q;;;+3. The molecule has 0 amide bonds. The molecule has 0 unspecified atom stereocenters. The maximum atomic E-state index is 5.48. The Balaban J connectivity index is -0.000000285. The zero-order valence-corrected chi connectivity index (χ0v) is 40.1. The third kappa shape index (κ3) is 49.7. The Hall–Kier alpha value is 3.58. The summed E-state index contributed by atoms with van der Waals surface area (Å²) in [6.07, 6.45) is 20.5. The van der Waals surface area contributed by atoms with Gasteiger partial charge in [-0.15, -0.1) is 0 Å². The van der Waals surface area contributed by atoms with Crippen molar-refractivity contribution < 1.29 is 27.1 Å². The summed E-state index contributed by atoms with van der Waals surface area (Å²) in [5, 5.41) is 0. The van der Waals surface area contributed by atoms with Gasteiger partial charge < -0.3 is 27.1 Å². The van der Waals surface area contributed by atoms with Gasteiger partial charge in [0.25, 0.3) is 0 Å². The molecule has 0 rings (SSSR count). The molecule has 278 valence electrons. The molecule has 0 aromatic heterocycles. The molecule has 0 saturated heterocycles. The quantitative estimate of drug-likeness (QED) is 0.0283. The normalized spacial score (nSPS) is 11.7. The van der Waals surface area contributed by atoms with E-state index < -0.39 is 17.1 Å². The van der Waals surface area contributed by atoms with Crippen LogP contribution in [0.2, 0.25) is 0 Å². The first-order valence-electron chi connectivity index (χ1n) is 17.2. The van der Waals surface area contributed by atoms with Gasteiger partial charge in [0.05, 0.1) is 39.6 Å². The molecule has 0 heterocycles. The molecule has 46 heavy (non-hydrogen) atoms. The van der Waals surface area contributed by atoms with Crippen LogP contribution >= 0.6 is 53.8 Å². The molecule has 2 radical (unpaired) electrons. The van der Waals surface area contributed by atoms with E-state index in [4.69, 9.17) is 62.6 Å². The van der Waals surface area contributed by atoms with Crippen molar-refractivity contribution in [3.05, 3.63) is 0 Å². The Morgan fingerprint density at radius 2 is 0.457 bits per heavy atom. The number of rotatable bonds is 30. The Bertz CT molecular complexity index is 619. The average molecular weight is 933 g/mol. The summed E-state index contributed by atoms with van der Waals surface area (Å²) in [7, 11) is 0. The van der Waals surface area contributed by atoms with Crippen LogP contribution in [0.5, 0.6) is 0 Å². The largest absolute Gasteiger partial charge is 3.00 e. The summed E-state index contributed by atoms with van der Waals surface area (Å²) in [6.45, 7) is 17.1. The Morgan fingerprint density at radius 3 is 0.565 bits per heavy atom. The Kier molecular flexibility index (Phi) is 50.6. The van der Waals surface area contributed by atoms with Gasteiger partial charge in [0.15, 0.2) is 0 Å². The van der Waals surface area contributed by atoms with E-state index in [1.807, 2.05) is 0 Å². The fraction of sp³-hybridized carbons (Fsp3) is 1.00. The predicted octanol–water partition coefficient (Wildman–Crippen LogP) is 13.3. The van der Waals surface area contributed by atoms with E-state index in [9.17, 15) is 0 Å². The van der Waals surface area contributed by atoms with Crippen molar-refractivity contribution in [2.45, 2.75) is 157 Å². The van der Waals surface area contributed by atoms with Crippen LogP contribution in [0.4, 0.5) is 0 Å². The summed E-state index contributed by atoms with van der Waals surface area (Å²) in [6, 6.07) is 0. The molecule has 0 aromatic carbocycles. The van der Waals surface area contributed by atoms with Crippen LogP contribution in [0.1, 0.15) is 157 Å². The molecule has 0 aromatic rings. The Labute approximate surface area is 334 Å². The van der Waals surface area contributed by atoms with Crippen LogP contribution in [0.3, 0.4) is 0 Å². The van der Waals surface area contributed by atoms with Crippen molar-refractivity contribution in [3.63, 3.8) is 0 Å². The second kappa shape index (κ2) is 41.3. The summed E-state index contributed by atoms with van der Waals surface area (Å²) < 4.78 is 32.9. The molecule has 0 fully saturated rings. The predicted molar refractivity (Wildman–Crippen MR) is 228 cm³/mol. The van der Waals surface area contributed by atoms with Crippen molar-refractivity contribution in [2.75, 3.05) is 39.6 Å². The van der Waals surface area contributed by atoms with Crippen LogP contribution in [0, 0.1) is 0 Å². The van der Waals surface area contributed by atoms with Crippen molar-refractivity contribution in [3.8, 4) is 0 Å². The smallest absolute Gasteiger partial charge is 0.322 e. The molecule has 0 aliphatic carbocycles. The number of thiol groups is 3. The van der Waals surface area contributed by atoms with Crippen LogP contribution < -0.4 is 0 Å². The number of hydrogen-bond acceptors (Lipinski definition) is 9. The minimum absolute atomic E-state index is 0. The van der Waals surface area contributed by atoms with Gasteiger partial charge in [-0.25, -0.2) is 0 Å². The molecule has 0 aliphatic heterocycles. The van der Waals surface area contributed by atoms with E-state index in [2.05, 4.69) is 78.3 Å².